The highest BCUT2D eigenvalue weighted by atomic mass is 31.2. The van der Waals surface area contributed by atoms with Gasteiger partial charge in [0.05, 0.1) is 34.4 Å². The maximum atomic E-state index is 12.7. The highest BCUT2D eigenvalue weighted by Crippen LogP contribution is 2.43. The Hall–Kier alpha value is -1.54. The normalized spacial score (nSPS) is 14.2. The molecule has 0 rings (SSSR count). The van der Waals surface area contributed by atoms with E-state index in [0.717, 1.165) is 70.6 Å². The zero-order valence-electron chi connectivity index (χ0n) is 37.1. The number of nitrogens with zero attached hydrogens (tertiary/aromatic N) is 1. The Morgan fingerprint density at radius 2 is 1.04 bits per heavy atom. The van der Waals surface area contributed by atoms with Gasteiger partial charge in [-0.2, -0.15) is 0 Å². The second-order valence-electron chi connectivity index (χ2n) is 16.4. The van der Waals surface area contributed by atoms with Crippen molar-refractivity contribution in [3.8, 4) is 0 Å². The van der Waals surface area contributed by atoms with Gasteiger partial charge < -0.3 is 18.9 Å². The number of quaternary nitrogens is 1. The van der Waals surface area contributed by atoms with Crippen molar-refractivity contribution >= 4 is 13.8 Å². The van der Waals surface area contributed by atoms with Crippen LogP contribution in [0.1, 0.15) is 187 Å². The van der Waals surface area contributed by atoms with Crippen molar-refractivity contribution in [2.75, 3.05) is 54.1 Å². The average molecular weight is 811 g/mol. The first kappa shape index (κ1) is 54.5. The van der Waals surface area contributed by atoms with Gasteiger partial charge in [0.1, 0.15) is 19.3 Å². The van der Waals surface area contributed by atoms with E-state index in [4.69, 9.17) is 18.5 Å². The molecule has 0 aromatic heterocycles. The van der Waals surface area contributed by atoms with Crippen molar-refractivity contribution in [2.24, 2.45) is 0 Å². The van der Waals surface area contributed by atoms with Gasteiger partial charge in [-0.1, -0.05) is 178 Å². The van der Waals surface area contributed by atoms with Crippen LogP contribution in [0, 0.1) is 0 Å². The monoisotopic (exact) mass is 811 g/mol. The number of carbonyl (C=O) groups is 1. The van der Waals surface area contributed by atoms with Crippen molar-refractivity contribution in [3.05, 3.63) is 48.6 Å². The van der Waals surface area contributed by atoms with Crippen molar-refractivity contribution in [1.29, 1.82) is 0 Å². The van der Waals surface area contributed by atoms with Crippen LogP contribution in [-0.4, -0.2) is 75.6 Å². The number of phosphoric ester groups is 1. The van der Waals surface area contributed by atoms with Crippen molar-refractivity contribution in [3.63, 3.8) is 0 Å². The van der Waals surface area contributed by atoms with Crippen LogP contribution in [0.15, 0.2) is 48.6 Å². The minimum atomic E-state index is -4.28. The number of hydrogen-bond donors (Lipinski definition) is 1. The summed E-state index contributed by atoms with van der Waals surface area (Å²) in [5.41, 5.74) is 0. The molecule has 8 nitrogen and oxygen atoms in total. The third-order valence-corrected chi connectivity index (χ3v) is 10.6. The Morgan fingerprint density at radius 1 is 0.571 bits per heavy atom. The molecule has 0 fully saturated rings. The van der Waals surface area contributed by atoms with Gasteiger partial charge in [-0.15, -0.1) is 0 Å². The molecule has 2 unspecified atom stereocenters. The second kappa shape index (κ2) is 40.2. The molecule has 0 radical (unpaired) electrons. The van der Waals surface area contributed by atoms with Crippen molar-refractivity contribution in [1.82, 2.24) is 0 Å². The zero-order chi connectivity index (χ0) is 41.3. The van der Waals surface area contributed by atoms with Gasteiger partial charge >= 0.3 is 13.8 Å². The van der Waals surface area contributed by atoms with E-state index in [2.05, 4.69) is 62.5 Å². The molecule has 0 amide bonds. The van der Waals surface area contributed by atoms with Crippen LogP contribution in [0.25, 0.3) is 0 Å². The summed E-state index contributed by atoms with van der Waals surface area (Å²) in [4.78, 5) is 22.9. The van der Waals surface area contributed by atoms with E-state index in [1.165, 1.54) is 96.3 Å². The minimum absolute atomic E-state index is 0.0832. The van der Waals surface area contributed by atoms with Gasteiger partial charge in [0.15, 0.2) is 0 Å². The van der Waals surface area contributed by atoms with E-state index in [9.17, 15) is 14.3 Å². The van der Waals surface area contributed by atoms with E-state index in [1.54, 1.807) is 0 Å². The number of ether oxygens (including phenoxy) is 2. The first-order valence-corrected chi connectivity index (χ1v) is 24.4. The van der Waals surface area contributed by atoms with Crippen LogP contribution in [0.4, 0.5) is 0 Å². The summed E-state index contributed by atoms with van der Waals surface area (Å²) in [7, 11) is 1.65. The fourth-order valence-electron chi connectivity index (χ4n) is 6.13. The molecule has 0 saturated carbocycles. The van der Waals surface area contributed by atoms with Gasteiger partial charge in [0.2, 0.25) is 0 Å². The average Bonchev–Trinajstić information content (AvgIpc) is 3.15. The van der Waals surface area contributed by atoms with E-state index >= 15 is 0 Å². The summed E-state index contributed by atoms with van der Waals surface area (Å²) in [5.74, 6) is -0.335. The molecule has 0 spiro atoms. The molecular weight excluding hydrogens is 721 g/mol. The maximum absolute atomic E-state index is 12.7. The number of phosphoric acid groups is 1. The van der Waals surface area contributed by atoms with Gasteiger partial charge in [-0.25, -0.2) is 4.57 Å². The van der Waals surface area contributed by atoms with Crippen LogP contribution in [0.2, 0.25) is 0 Å². The number of allylic oxidation sites excluding steroid dienone is 8. The summed E-state index contributed by atoms with van der Waals surface area (Å²) >= 11 is 0. The number of rotatable bonds is 42. The van der Waals surface area contributed by atoms with Crippen LogP contribution >= 0.6 is 7.82 Å². The van der Waals surface area contributed by atoms with Gasteiger partial charge in [0.25, 0.3) is 0 Å². The lowest BCUT2D eigenvalue weighted by atomic mass is 10.0. The lowest BCUT2D eigenvalue weighted by Crippen LogP contribution is -2.37. The fraction of sp³-hybridized carbons (Fsp3) is 0.809. The largest absolute Gasteiger partial charge is 0.472 e. The summed E-state index contributed by atoms with van der Waals surface area (Å²) in [5, 5.41) is 0. The van der Waals surface area contributed by atoms with Crippen LogP contribution in [-0.2, 0) is 27.9 Å². The molecule has 0 aliphatic rings. The lowest BCUT2D eigenvalue weighted by Gasteiger charge is -2.24. The number of likely N-dealkylation sites (N-methyl/N-ethyl adjacent to an activating group) is 1. The highest BCUT2D eigenvalue weighted by molar-refractivity contribution is 7.47. The summed E-state index contributed by atoms with van der Waals surface area (Å²) in [6.07, 6.45) is 48.6. The van der Waals surface area contributed by atoms with Crippen LogP contribution < -0.4 is 0 Å². The molecule has 1 N–H and O–H groups in total. The number of hydrogen-bond acceptors (Lipinski definition) is 6. The van der Waals surface area contributed by atoms with E-state index in [-0.39, 0.29) is 25.8 Å². The number of unbranched alkanes of at least 4 members (excludes halogenated alkanes) is 20. The SMILES string of the molecule is CC/C=C\C/C=C\C/C=C\C/C=C\CCCCCCC(=O)OC(COCCCCCCCCCCCCCCCCCCC)COP(=O)(O)OCC[N+](C)(C)C. The molecule has 328 valence electrons. The van der Waals surface area contributed by atoms with E-state index < -0.39 is 13.9 Å². The highest BCUT2D eigenvalue weighted by Gasteiger charge is 2.26. The first-order valence-electron chi connectivity index (χ1n) is 22.9. The Labute approximate surface area is 346 Å². The maximum Gasteiger partial charge on any atom is 0.472 e. The number of esters is 1. The van der Waals surface area contributed by atoms with Crippen molar-refractivity contribution < 1.29 is 37.3 Å². The molecule has 2 atom stereocenters. The minimum Gasteiger partial charge on any atom is -0.457 e. The lowest BCUT2D eigenvalue weighted by molar-refractivity contribution is -0.870. The first-order chi connectivity index (χ1) is 27.1. The van der Waals surface area contributed by atoms with Crippen molar-refractivity contribution in [2.45, 2.75) is 193 Å². The van der Waals surface area contributed by atoms with Gasteiger partial charge in [0, 0.05) is 13.0 Å². The molecule has 0 aromatic carbocycles. The fourth-order valence-corrected chi connectivity index (χ4v) is 6.87. The summed E-state index contributed by atoms with van der Waals surface area (Å²) in [6, 6.07) is 0. The molecular formula is C47H89NO7P+. The molecule has 9 heteroatoms. The Balaban J connectivity index is 4.25. The molecule has 56 heavy (non-hydrogen) atoms. The quantitative estimate of drug-likeness (QED) is 0.0216. The predicted octanol–water partition coefficient (Wildman–Crippen LogP) is 13.6. The zero-order valence-corrected chi connectivity index (χ0v) is 38.0. The van der Waals surface area contributed by atoms with Crippen LogP contribution in [0.5, 0.6) is 0 Å². The Kier molecular flexibility index (Phi) is 39.1. The summed E-state index contributed by atoms with van der Waals surface area (Å²) < 4.78 is 35.0. The smallest absolute Gasteiger partial charge is 0.457 e. The topological polar surface area (TPSA) is 91.3 Å². The molecule has 0 bridgehead atoms. The molecule has 0 heterocycles. The molecule has 0 saturated heterocycles. The summed E-state index contributed by atoms with van der Waals surface area (Å²) in [6.45, 7) is 5.49. The molecule has 0 aliphatic heterocycles. The van der Waals surface area contributed by atoms with Crippen LogP contribution in [0.3, 0.4) is 0 Å². The Bertz CT molecular complexity index is 1040. The molecule has 0 aromatic rings. The van der Waals surface area contributed by atoms with E-state index in [1.807, 2.05) is 21.1 Å². The third kappa shape index (κ3) is 43.6. The van der Waals surface area contributed by atoms with Gasteiger partial charge in [-0.3, -0.25) is 13.8 Å². The predicted molar refractivity (Wildman–Crippen MR) is 238 cm³/mol. The second-order valence-corrected chi connectivity index (χ2v) is 17.9. The van der Waals surface area contributed by atoms with Gasteiger partial charge in [-0.05, 0) is 51.4 Å². The molecule has 0 aliphatic carbocycles. The Morgan fingerprint density at radius 3 is 1.55 bits per heavy atom. The van der Waals surface area contributed by atoms with E-state index in [0.29, 0.717) is 24.1 Å². The number of carbonyl (C=O) groups excluding carboxylic acids is 1. The standard InChI is InChI=1S/C47H88NO7P/c1-6-8-10-12-14-16-18-20-22-24-26-28-30-32-34-36-38-40-47(49)55-46(45-54-56(50,51)53-43-41-48(3,4)5)44-52-42-39-37-35-33-31-29-27-25-23-21-19-17-15-13-11-9-7-2/h8,10,14,16,20,22,26,28,46H,6-7,9,11-13,15,17-19,21,23-25,27,29-45H2,1-5H3/p+1/b10-8-,16-14-,22-20-,28-26-. The third-order valence-electron chi connectivity index (χ3n) is 9.65.